The number of carbonyl (C=O) groups excluding carboxylic acids is 1. The molecule has 1 nitrogen and oxygen atoms in total. The Hall–Kier alpha value is -0.590. The van der Waals surface area contributed by atoms with E-state index in [-0.39, 0.29) is 5.41 Å². The third-order valence-corrected chi connectivity index (χ3v) is 8.72. The van der Waals surface area contributed by atoms with Crippen molar-refractivity contribution in [2.45, 2.75) is 79.1 Å². The van der Waals surface area contributed by atoms with Gasteiger partial charge in [-0.2, -0.15) is 0 Å². The highest BCUT2D eigenvalue weighted by atomic mass is 16.1. The fourth-order valence-electron chi connectivity index (χ4n) is 7.79. The van der Waals surface area contributed by atoms with Crippen LogP contribution >= 0.6 is 0 Å². The summed E-state index contributed by atoms with van der Waals surface area (Å²) in [5, 5.41) is 0. The van der Waals surface area contributed by atoms with Crippen LogP contribution in [0.25, 0.3) is 0 Å². The zero-order valence-corrected chi connectivity index (χ0v) is 15.5. The Balaban J connectivity index is 1.72. The Labute approximate surface area is 142 Å². The number of fused-ring (bicyclic) bond motifs is 5. The van der Waals surface area contributed by atoms with Crippen molar-refractivity contribution in [2.75, 3.05) is 0 Å². The lowest BCUT2D eigenvalue weighted by atomic mass is 9.49. The first-order valence-electron chi connectivity index (χ1n) is 10.1. The van der Waals surface area contributed by atoms with Gasteiger partial charge in [-0.05, 0) is 80.0 Å². The number of hydrogen-bond donors (Lipinski definition) is 0. The van der Waals surface area contributed by atoms with Crippen LogP contribution in [0.2, 0.25) is 0 Å². The summed E-state index contributed by atoms with van der Waals surface area (Å²) in [7, 11) is 0. The molecule has 0 amide bonds. The minimum absolute atomic E-state index is 0.233. The molecule has 128 valence electrons. The molecular formula is C22H34O. The predicted molar refractivity (Wildman–Crippen MR) is 95.0 cm³/mol. The summed E-state index contributed by atoms with van der Waals surface area (Å²) in [5.74, 6) is 3.78. The zero-order chi connectivity index (χ0) is 16.4. The van der Waals surface area contributed by atoms with Gasteiger partial charge < -0.3 is 0 Å². The van der Waals surface area contributed by atoms with Crippen LogP contribution in [0.1, 0.15) is 79.1 Å². The highest BCUT2D eigenvalue weighted by molar-refractivity contribution is 5.80. The average molecular weight is 315 g/mol. The maximum Gasteiger partial charge on any atom is 0.133 e. The molecule has 1 heteroatoms. The van der Waals surface area contributed by atoms with E-state index in [1.807, 2.05) is 12.5 Å². The summed E-state index contributed by atoms with van der Waals surface area (Å²) in [6, 6.07) is 0. The number of ketones is 1. The van der Waals surface area contributed by atoms with Gasteiger partial charge in [-0.1, -0.05) is 45.3 Å². The molecule has 0 heterocycles. The van der Waals surface area contributed by atoms with Crippen LogP contribution in [-0.4, -0.2) is 5.78 Å². The van der Waals surface area contributed by atoms with E-state index in [2.05, 4.69) is 26.8 Å². The molecule has 0 saturated heterocycles. The topological polar surface area (TPSA) is 17.1 Å². The van der Waals surface area contributed by atoms with Gasteiger partial charge in [-0.15, -0.1) is 0 Å². The van der Waals surface area contributed by atoms with Crippen LogP contribution in [-0.2, 0) is 4.79 Å². The van der Waals surface area contributed by atoms with Gasteiger partial charge in [0.25, 0.3) is 0 Å². The van der Waals surface area contributed by atoms with Crippen molar-refractivity contribution in [1.29, 1.82) is 0 Å². The van der Waals surface area contributed by atoms with Crippen LogP contribution in [0.5, 0.6) is 0 Å². The van der Waals surface area contributed by atoms with E-state index in [1.165, 1.54) is 44.9 Å². The molecule has 4 rings (SSSR count). The molecule has 0 aromatic carbocycles. The quantitative estimate of drug-likeness (QED) is 0.560. The van der Waals surface area contributed by atoms with E-state index >= 15 is 0 Å². The second-order valence-electron chi connectivity index (χ2n) is 9.82. The lowest BCUT2D eigenvalue weighted by Crippen LogP contribution is -2.47. The van der Waals surface area contributed by atoms with Gasteiger partial charge in [0, 0.05) is 5.92 Å². The Morgan fingerprint density at radius 1 is 1.17 bits per heavy atom. The van der Waals surface area contributed by atoms with Crippen LogP contribution in [0, 0.1) is 40.4 Å². The summed E-state index contributed by atoms with van der Waals surface area (Å²) >= 11 is 0. The largest absolute Gasteiger partial charge is 0.300 e. The van der Waals surface area contributed by atoms with E-state index in [1.54, 1.807) is 0 Å². The molecule has 0 aromatic rings. The van der Waals surface area contributed by atoms with Crippen LogP contribution in [0.4, 0.5) is 0 Å². The van der Waals surface area contributed by atoms with Gasteiger partial charge in [-0.25, -0.2) is 0 Å². The molecule has 0 bridgehead atoms. The van der Waals surface area contributed by atoms with Crippen molar-refractivity contribution in [3.05, 3.63) is 11.6 Å². The molecule has 0 radical (unpaired) electrons. The molecule has 4 aliphatic rings. The summed E-state index contributed by atoms with van der Waals surface area (Å²) < 4.78 is 0. The first-order valence-corrected chi connectivity index (χ1v) is 10.1. The lowest BCUT2D eigenvalue weighted by molar-refractivity contribution is -0.126. The Morgan fingerprint density at radius 2 is 1.96 bits per heavy atom. The summed E-state index contributed by atoms with van der Waals surface area (Å²) in [6.45, 7) is 9.20. The van der Waals surface area contributed by atoms with E-state index in [0.29, 0.717) is 23.0 Å². The van der Waals surface area contributed by atoms with Gasteiger partial charge >= 0.3 is 0 Å². The Bertz CT molecular complexity index is 546. The zero-order valence-electron chi connectivity index (χ0n) is 15.5. The fraction of sp³-hybridized carbons (Fsp3) is 0.864. The first kappa shape index (κ1) is 15.9. The number of carbonyl (C=O) groups is 1. The van der Waals surface area contributed by atoms with Crippen molar-refractivity contribution in [2.24, 2.45) is 40.4 Å². The molecule has 7 atom stereocenters. The average Bonchev–Trinajstić information content (AvgIpc) is 2.77. The molecular weight excluding hydrogens is 280 g/mol. The SMILES string of the molecule is CC(=O)[C@H]1[C@@H](C)CC2C3CCC4CCCC[C@]4(C)C3=CC[C@@]21C. The Morgan fingerprint density at radius 3 is 2.70 bits per heavy atom. The maximum atomic E-state index is 12.3. The number of hydrogen-bond acceptors (Lipinski definition) is 1. The second-order valence-corrected chi connectivity index (χ2v) is 9.82. The minimum Gasteiger partial charge on any atom is -0.300 e. The molecule has 0 aromatic heterocycles. The van der Waals surface area contributed by atoms with Gasteiger partial charge in [0.1, 0.15) is 5.78 Å². The third kappa shape index (κ3) is 2.07. The number of allylic oxidation sites excluding steroid dienone is 2. The molecule has 0 aliphatic heterocycles. The van der Waals surface area contributed by atoms with Crippen LogP contribution in [0.15, 0.2) is 11.6 Å². The minimum atomic E-state index is 0.233. The third-order valence-electron chi connectivity index (χ3n) is 8.72. The smallest absolute Gasteiger partial charge is 0.133 e. The lowest BCUT2D eigenvalue weighted by Gasteiger charge is -2.56. The highest BCUT2D eigenvalue weighted by Gasteiger charge is 2.59. The normalized spacial score (nSPS) is 52.2. The number of rotatable bonds is 1. The predicted octanol–water partition coefficient (Wildman–Crippen LogP) is 5.79. The second kappa shape index (κ2) is 5.20. The van der Waals surface area contributed by atoms with Gasteiger partial charge in [-0.3, -0.25) is 4.79 Å². The number of Topliss-reactive ketones (excluding diaryl/α,β-unsaturated/α-hetero) is 1. The summed E-state index contributed by atoms with van der Waals surface area (Å²) in [6.07, 6.45) is 13.6. The van der Waals surface area contributed by atoms with E-state index in [0.717, 1.165) is 24.2 Å². The molecule has 3 fully saturated rings. The van der Waals surface area contributed by atoms with E-state index in [4.69, 9.17) is 0 Å². The van der Waals surface area contributed by atoms with E-state index in [9.17, 15) is 4.79 Å². The first-order chi connectivity index (χ1) is 10.9. The van der Waals surface area contributed by atoms with Crippen molar-refractivity contribution in [3.63, 3.8) is 0 Å². The molecule has 3 saturated carbocycles. The van der Waals surface area contributed by atoms with Crippen molar-refractivity contribution in [3.8, 4) is 0 Å². The fourth-order valence-corrected chi connectivity index (χ4v) is 7.79. The van der Waals surface area contributed by atoms with Crippen molar-refractivity contribution in [1.82, 2.24) is 0 Å². The maximum absolute atomic E-state index is 12.3. The summed E-state index contributed by atoms with van der Waals surface area (Å²) in [5.41, 5.74) is 2.55. The van der Waals surface area contributed by atoms with Crippen molar-refractivity contribution < 1.29 is 4.79 Å². The molecule has 0 N–H and O–H groups in total. The van der Waals surface area contributed by atoms with Gasteiger partial charge in [0.05, 0.1) is 0 Å². The summed E-state index contributed by atoms with van der Waals surface area (Å²) in [4.78, 5) is 12.3. The van der Waals surface area contributed by atoms with Crippen LogP contribution < -0.4 is 0 Å². The Kier molecular flexibility index (Phi) is 3.60. The van der Waals surface area contributed by atoms with Crippen molar-refractivity contribution >= 4 is 5.78 Å². The highest BCUT2D eigenvalue weighted by Crippen LogP contribution is 2.66. The van der Waals surface area contributed by atoms with Gasteiger partial charge in [0.2, 0.25) is 0 Å². The molecule has 4 aliphatic carbocycles. The molecule has 0 spiro atoms. The van der Waals surface area contributed by atoms with Gasteiger partial charge in [0.15, 0.2) is 0 Å². The monoisotopic (exact) mass is 314 g/mol. The standard InChI is InChI=1S/C22H34O/c1-14-13-19-17-9-8-16-7-5-6-11-21(16,3)18(17)10-12-22(19,4)20(14)15(2)23/h10,14,16-17,19-20H,5-9,11-13H2,1-4H3/t14-,16?,17?,19?,20+,21-,22-/m0/s1. The molecule has 23 heavy (non-hydrogen) atoms. The van der Waals surface area contributed by atoms with E-state index < -0.39 is 0 Å². The van der Waals surface area contributed by atoms with Crippen LogP contribution in [0.3, 0.4) is 0 Å². The molecule has 3 unspecified atom stereocenters.